The van der Waals surface area contributed by atoms with E-state index in [1.165, 1.54) is 6.92 Å². The fourth-order valence-electron chi connectivity index (χ4n) is 3.58. The molecule has 0 radical (unpaired) electrons. The van der Waals surface area contributed by atoms with Gasteiger partial charge >= 0.3 is 0 Å². The zero-order valence-electron chi connectivity index (χ0n) is 16.8. The summed E-state index contributed by atoms with van der Waals surface area (Å²) < 4.78 is 7.56. The van der Waals surface area contributed by atoms with Crippen molar-refractivity contribution in [2.45, 2.75) is 26.5 Å². The summed E-state index contributed by atoms with van der Waals surface area (Å²) in [6.45, 7) is 2.74. The Balaban J connectivity index is 1.51. The Morgan fingerprint density at radius 1 is 1.27 bits per heavy atom. The van der Waals surface area contributed by atoms with E-state index in [-0.39, 0.29) is 18.4 Å². The average Bonchev–Trinajstić information content (AvgIpc) is 3.07. The number of nitrogens with one attached hydrogen (secondary N) is 1. The maximum atomic E-state index is 13.1. The van der Waals surface area contributed by atoms with Crippen molar-refractivity contribution in [2.24, 2.45) is 7.05 Å². The van der Waals surface area contributed by atoms with Crippen LogP contribution in [0.1, 0.15) is 34.2 Å². The molecule has 1 aromatic carbocycles. The van der Waals surface area contributed by atoms with Crippen LogP contribution in [-0.4, -0.2) is 43.0 Å². The minimum Gasteiger partial charge on any atom is -0.470 e. The van der Waals surface area contributed by atoms with E-state index < -0.39 is 0 Å². The van der Waals surface area contributed by atoms with Crippen molar-refractivity contribution in [2.75, 3.05) is 11.9 Å². The molecule has 0 saturated heterocycles. The van der Waals surface area contributed by atoms with Gasteiger partial charge in [-0.15, -0.1) is 0 Å². The molecule has 0 bridgehead atoms. The van der Waals surface area contributed by atoms with Gasteiger partial charge in [0.25, 0.3) is 5.91 Å². The highest BCUT2D eigenvalue weighted by atomic mass is 16.5. The first-order valence-electron chi connectivity index (χ1n) is 9.60. The molecule has 0 spiro atoms. The van der Waals surface area contributed by atoms with Gasteiger partial charge in [-0.2, -0.15) is 5.10 Å². The Kier molecular flexibility index (Phi) is 5.42. The van der Waals surface area contributed by atoms with Crippen LogP contribution < -0.4 is 10.1 Å². The summed E-state index contributed by atoms with van der Waals surface area (Å²) in [5, 5.41) is 7.29. The first kappa shape index (κ1) is 19.6. The largest absolute Gasteiger partial charge is 0.470 e. The molecule has 1 aliphatic heterocycles. The number of carbonyl (C=O) groups is 2. The number of aryl methyl sites for hydroxylation is 1. The van der Waals surface area contributed by atoms with Gasteiger partial charge in [-0.1, -0.05) is 6.07 Å². The molecule has 9 nitrogen and oxygen atoms in total. The van der Waals surface area contributed by atoms with E-state index in [9.17, 15) is 9.59 Å². The van der Waals surface area contributed by atoms with Crippen LogP contribution in [0, 0.1) is 0 Å². The monoisotopic (exact) mass is 406 g/mol. The minimum absolute atomic E-state index is 0.0856. The number of benzene rings is 1. The fraction of sp³-hybridized carbons (Fsp3) is 0.286. The van der Waals surface area contributed by atoms with Crippen molar-refractivity contribution in [1.82, 2.24) is 24.6 Å². The summed E-state index contributed by atoms with van der Waals surface area (Å²) in [7, 11) is 1.90. The number of aromatic nitrogens is 4. The zero-order valence-corrected chi connectivity index (χ0v) is 16.8. The second kappa shape index (κ2) is 8.32. The molecule has 154 valence electrons. The number of anilines is 1. The third kappa shape index (κ3) is 4.14. The molecular weight excluding hydrogens is 384 g/mol. The van der Waals surface area contributed by atoms with E-state index in [0.717, 1.165) is 17.0 Å². The second-order valence-corrected chi connectivity index (χ2v) is 7.07. The highest BCUT2D eigenvalue weighted by Crippen LogP contribution is 2.25. The molecule has 3 aromatic rings. The third-order valence-electron chi connectivity index (χ3n) is 4.94. The lowest BCUT2D eigenvalue weighted by Crippen LogP contribution is -2.36. The number of carbonyl (C=O) groups excluding carboxylic acids is 2. The van der Waals surface area contributed by atoms with Gasteiger partial charge in [0.15, 0.2) is 0 Å². The van der Waals surface area contributed by atoms with Crippen LogP contribution >= 0.6 is 0 Å². The van der Waals surface area contributed by atoms with Crippen molar-refractivity contribution in [3.05, 3.63) is 65.4 Å². The van der Waals surface area contributed by atoms with Crippen LogP contribution in [0.4, 0.5) is 5.69 Å². The summed E-state index contributed by atoms with van der Waals surface area (Å²) in [5.74, 6) is 0.165. The number of hydrogen-bond donors (Lipinski definition) is 1. The van der Waals surface area contributed by atoms with Crippen molar-refractivity contribution >= 4 is 17.5 Å². The van der Waals surface area contributed by atoms with Gasteiger partial charge in [0.2, 0.25) is 11.8 Å². The van der Waals surface area contributed by atoms with Gasteiger partial charge in [-0.25, -0.2) is 4.98 Å². The molecule has 1 aliphatic rings. The van der Waals surface area contributed by atoms with Crippen molar-refractivity contribution < 1.29 is 14.3 Å². The first-order chi connectivity index (χ1) is 14.5. The summed E-state index contributed by atoms with van der Waals surface area (Å²) >= 11 is 0. The molecule has 9 heteroatoms. The maximum absolute atomic E-state index is 13.1. The van der Waals surface area contributed by atoms with E-state index >= 15 is 0 Å². The molecule has 2 aromatic heterocycles. The van der Waals surface area contributed by atoms with E-state index in [1.807, 2.05) is 11.7 Å². The molecule has 0 aliphatic carbocycles. The lowest BCUT2D eigenvalue weighted by molar-refractivity contribution is -0.114. The van der Waals surface area contributed by atoms with Crippen LogP contribution in [0.25, 0.3) is 0 Å². The van der Waals surface area contributed by atoms with Crippen LogP contribution in [0.15, 0.2) is 42.9 Å². The van der Waals surface area contributed by atoms with E-state index in [4.69, 9.17) is 4.74 Å². The number of amides is 2. The molecular formula is C21H22N6O3. The molecule has 0 saturated carbocycles. The lowest BCUT2D eigenvalue weighted by Gasteiger charge is -2.28. The van der Waals surface area contributed by atoms with Crippen molar-refractivity contribution in [3.63, 3.8) is 0 Å². The summed E-state index contributed by atoms with van der Waals surface area (Å²) in [6, 6.07) is 6.97. The Labute approximate surface area is 173 Å². The fourth-order valence-corrected chi connectivity index (χ4v) is 3.58. The topological polar surface area (TPSA) is 102 Å². The predicted molar refractivity (Wildman–Crippen MR) is 109 cm³/mol. The Hall–Kier alpha value is -3.75. The van der Waals surface area contributed by atoms with E-state index in [1.54, 1.807) is 47.8 Å². The van der Waals surface area contributed by atoms with Gasteiger partial charge in [-0.05, 0) is 18.2 Å². The molecule has 4 rings (SSSR count). The van der Waals surface area contributed by atoms with E-state index in [2.05, 4.69) is 20.4 Å². The highest BCUT2D eigenvalue weighted by molar-refractivity contribution is 5.96. The Morgan fingerprint density at radius 2 is 2.13 bits per heavy atom. The summed E-state index contributed by atoms with van der Waals surface area (Å²) in [4.78, 5) is 34.3. The Bertz CT molecular complexity index is 1080. The number of fused-ring (bicyclic) bond motifs is 1. The van der Waals surface area contributed by atoms with Gasteiger partial charge in [0.05, 0.1) is 6.20 Å². The third-order valence-corrected chi connectivity index (χ3v) is 4.94. The smallest absolute Gasteiger partial charge is 0.254 e. The van der Waals surface area contributed by atoms with Crippen LogP contribution in [0.2, 0.25) is 0 Å². The predicted octanol–water partition coefficient (Wildman–Crippen LogP) is 1.95. The lowest BCUT2D eigenvalue weighted by atomic mass is 10.0. The van der Waals surface area contributed by atoms with Crippen LogP contribution in [0.5, 0.6) is 5.88 Å². The number of nitrogens with zero attached hydrogens (tertiary/aromatic N) is 5. The molecule has 1 N–H and O–H groups in total. The Morgan fingerprint density at radius 3 is 2.90 bits per heavy atom. The summed E-state index contributed by atoms with van der Waals surface area (Å²) in [6.07, 6.45) is 5.41. The second-order valence-electron chi connectivity index (χ2n) is 7.07. The van der Waals surface area contributed by atoms with Crippen molar-refractivity contribution in [1.29, 1.82) is 0 Å². The summed E-state index contributed by atoms with van der Waals surface area (Å²) in [5.41, 5.74) is 4.02. The van der Waals surface area contributed by atoms with Gasteiger partial charge in [0, 0.05) is 68.4 Å². The number of hydrogen-bond acceptors (Lipinski definition) is 6. The first-order valence-corrected chi connectivity index (χ1v) is 9.60. The normalized spacial score (nSPS) is 12.9. The number of rotatable bonds is 5. The van der Waals surface area contributed by atoms with Gasteiger partial charge < -0.3 is 15.0 Å². The molecule has 0 fully saturated rings. The van der Waals surface area contributed by atoms with Crippen LogP contribution in [-0.2, 0) is 31.4 Å². The molecule has 0 atom stereocenters. The maximum Gasteiger partial charge on any atom is 0.254 e. The van der Waals surface area contributed by atoms with E-state index in [0.29, 0.717) is 36.6 Å². The molecule has 3 heterocycles. The van der Waals surface area contributed by atoms with Crippen LogP contribution in [0.3, 0.4) is 0 Å². The van der Waals surface area contributed by atoms with Crippen molar-refractivity contribution in [3.8, 4) is 5.88 Å². The molecule has 2 amide bonds. The van der Waals surface area contributed by atoms with Gasteiger partial charge in [-0.3, -0.25) is 19.3 Å². The zero-order chi connectivity index (χ0) is 21.1. The standard InChI is InChI=1S/C21H22N6O3/c1-14(28)24-16-5-3-4-15(10-16)21(29)27-9-6-19-17(12-27)18(25-26(19)2)13-30-20-11-22-7-8-23-20/h3-5,7-8,10-11H,6,9,12-13H2,1-2H3,(H,24,28). The average molecular weight is 406 g/mol. The van der Waals surface area contributed by atoms with Gasteiger partial charge in [0.1, 0.15) is 12.3 Å². The molecule has 30 heavy (non-hydrogen) atoms. The molecule has 0 unspecified atom stereocenters. The number of ether oxygens (including phenoxy) is 1. The quantitative estimate of drug-likeness (QED) is 0.695. The highest BCUT2D eigenvalue weighted by Gasteiger charge is 2.27. The minimum atomic E-state index is -0.176. The SMILES string of the molecule is CC(=O)Nc1cccc(C(=O)N2CCc3c(c(COc4cnccn4)nn3C)C2)c1.